The largest absolute Gasteiger partial charge is 0.493 e. The van der Waals surface area contributed by atoms with Crippen LogP contribution in [-0.2, 0) is 0 Å². The van der Waals surface area contributed by atoms with Gasteiger partial charge in [0.25, 0.3) is 0 Å². The van der Waals surface area contributed by atoms with E-state index in [2.05, 4.69) is 18.7 Å². The normalized spacial score (nSPS) is 10.7. The first-order valence-electron chi connectivity index (χ1n) is 10.1. The summed E-state index contributed by atoms with van der Waals surface area (Å²) in [6.07, 6.45) is 4.00. The van der Waals surface area contributed by atoms with E-state index in [0.29, 0.717) is 23.9 Å². The molecule has 0 saturated heterocycles. The van der Waals surface area contributed by atoms with Crippen LogP contribution in [0.4, 0.5) is 0 Å². The Balaban J connectivity index is 0.00000480. The first-order chi connectivity index (χ1) is 14.6. The van der Waals surface area contributed by atoms with Crippen LogP contribution in [0.25, 0.3) is 12.2 Å². The maximum absolute atomic E-state index is 6.00. The van der Waals surface area contributed by atoms with Crippen molar-refractivity contribution in [3.63, 3.8) is 0 Å². The van der Waals surface area contributed by atoms with Crippen molar-refractivity contribution in [3.05, 3.63) is 41.5 Å². The van der Waals surface area contributed by atoms with Crippen molar-refractivity contribution in [1.82, 2.24) is 4.90 Å². The molecule has 0 aliphatic heterocycles. The van der Waals surface area contributed by atoms with Gasteiger partial charge in [-0.05, 0) is 48.5 Å². The van der Waals surface area contributed by atoms with E-state index in [-0.39, 0.29) is 12.4 Å². The van der Waals surface area contributed by atoms with Crippen LogP contribution in [0.1, 0.15) is 25.0 Å². The molecule has 2 aromatic carbocycles. The van der Waals surface area contributed by atoms with Gasteiger partial charge in [-0.2, -0.15) is 0 Å². The monoisotopic (exact) mass is 451 g/mol. The molecule has 0 unspecified atom stereocenters. The number of likely N-dealkylation sites (N-methyl/N-ethyl adjacent to an activating group) is 1. The molecule has 0 heterocycles. The van der Waals surface area contributed by atoms with Crippen molar-refractivity contribution in [2.24, 2.45) is 0 Å². The van der Waals surface area contributed by atoms with Crippen LogP contribution in [-0.4, -0.2) is 59.6 Å². The number of nitrogens with zero attached hydrogens (tertiary/aromatic N) is 1. The van der Waals surface area contributed by atoms with Crippen LogP contribution in [0, 0.1) is 0 Å². The maximum Gasteiger partial charge on any atom is 0.203 e. The van der Waals surface area contributed by atoms with Crippen LogP contribution in [0.15, 0.2) is 30.3 Å². The fourth-order valence-corrected chi connectivity index (χ4v) is 3.12. The van der Waals surface area contributed by atoms with Crippen molar-refractivity contribution in [2.45, 2.75) is 13.8 Å². The highest BCUT2D eigenvalue weighted by Crippen LogP contribution is 2.38. The minimum absolute atomic E-state index is 0. The molecule has 31 heavy (non-hydrogen) atoms. The van der Waals surface area contributed by atoms with Gasteiger partial charge in [0, 0.05) is 6.54 Å². The number of benzene rings is 2. The van der Waals surface area contributed by atoms with Crippen LogP contribution in [0.3, 0.4) is 0 Å². The SMILES string of the molecule is CCN(CC)CCOc1cc(/C=C\c2cc(OC)c(OC)c(OC)c2)ccc1OC.Cl. The first kappa shape index (κ1) is 26.5. The van der Waals surface area contributed by atoms with Gasteiger partial charge in [0.05, 0.1) is 28.4 Å². The fourth-order valence-electron chi connectivity index (χ4n) is 3.12. The second-order valence-corrected chi connectivity index (χ2v) is 6.58. The molecular formula is C24H34ClNO5. The Bertz CT molecular complexity index is 812. The molecule has 0 N–H and O–H groups in total. The van der Waals surface area contributed by atoms with E-state index < -0.39 is 0 Å². The van der Waals surface area contributed by atoms with Crippen molar-refractivity contribution in [1.29, 1.82) is 0 Å². The molecule has 2 rings (SSSR count). The second-order valence-electron chi connectivity index (χ2n) is 6.58. The predicted octanol–water partition coefficient (Wildman–Crippen LogP) is 5.03. The van der Waals surface area contributed by atoms with Crippen LogP contribution in [0.5, 0.6) is 28.7 Å². The van der Waals surface area contributed by atoms with E-state index in [1.54, 1.807) is 28.4 Å². The number of halogens is 1. The highest BCUT2D eigenvalue weighted by Gasteiger charge is 2.12. The summed E-state index contributed by atoms with van der Waals surface area (Å²) in [5, 5.41) is 0. The zero-order chi connectivity index (χ0) is 21.9. The van der Waals surface area contributed by atoms with Gasteiger partial charge < -0.3 is 28.6 Å². The third-order valence-electron chi connectivity index (χ3n) is 4.90. The molecule has 0 amide bonds. The summed E-state index contributed by atoms with van der Waals surface area (Å²) in [6.45, 7) is 7.81. The average molecular weight is 452 g/mol. The Kier molecular flexibility index (Phi) is 11.7. The highest BCUT2D eigenvalue weighted by molar-refractivity contribution is 5.85. The molecule has 0 bridgehead atoms. The highest BCUT2D eigenvalue weighted by atomic mass is 35.5. The van der Waals surface area contributed by atoms with E-state index in [9.17, 15) is 0 Å². The van der Waals surface area contributed by atoms with Gasteiger partial charge in [-0.25, -0.2) is 0 Å². The molecule has 0 aliphatic carbocycles. The number of methoxy groups -OCH3 is 4. The summed E-state index contributed by atoms with van der Waals surface area (Å²) in [5.74, 6) is 3.26. The molecule has 0 aromatic heterocycles. The van der Waals surface area contributed by atoms with Crippen molar-refractivity contribution >= 4 is 24.6 Å². The van der Waals surface area contributed by atoms with Gasteiger partial charge >= 0.3 is 0 Å². The van der Waals surface area contributed by atoms with Crippen molar-refractivity contribution < 1.29 is 23.7 Å². The molecule has 0 aliphatic rings. The zero-order valence-electron chi connectivity index (χ0n) is 19.3. The third kappa shape index (κ3) is 7.26. The van der Waals surface area contributed by atoms with E-state index in [0.717, 1.165) is 42.3 Å². The Labute approximate surface area is 192 Å². The molecule has 0 atom stereocenters. The van der Waals surface area contributed by atoms with E-state index in [1.807, 2.05) is 42.5 Å². The third-order valence-corrected chi connectivity index (χ3v) is 4.90. The molecule has 0 fully saturated rings. The molecule has 0 saturated carbocycles. The summed E-state index contributed by atoms with van der Waals surface area (Å²) >= 11 is 0. The van der Waals surface area contributed by atoms with Gasteiger partial charge in [-0.15, -0.1) is 12.4 Å². The Hall–Kier alpha value is -2.57. The predicted molar refractivity (Wildman–Crippen MR) is 129 cm³/mol. The van der Waals surface area contributed by atoms with Gasteiger partial charge in [-0.3, -0.25) is 0 Å². The summed E-state index contributed by atoms with van der Waals surface area (Å²) in [5.41, 5.74) is 1.94. The van der Waals surface area contributed by atoms with Gasteiger partial charge in [-0.1, -0.05) is 32.1 Å². The molecule has 172 valence electrons. The minimum atomic E-state index is 0. The Morgan fingerprint density at radius 3 is 1.77 bits per heavy atom. The Morgan fingerprint density at radius 1 is 0.710 bits per heavy atom. The first-order valence-corrected chi connectivity index (χ1v) is 10.1. The summed E-state index contributed by atoms with van der Waals surface area (Å²) in [4.78, 5) is 2.32. The van der Waals surface area contributed by atoms with Gasteiger partial charge in [0.1, 0.15) is 6.61 Å². The van der Waals surface area contributed by atoms with E-state index in [1.165, 1.54) is 0 Å². The standard InChI is InChI=1S/C24H33NO5.ClH/c1-7-25(8-2)13-14-30-21-15-18(11-12-20(21)26-3)9-10-19-16-22(27-4)24(29-6)23(17-19)28-5;/h9-12,15-17H,7-8,13-14H2,1-6H3;1H/b10-9-;. The van der Waals surface area contributed by atoms with E-state index >= 15 is 0 Å². The lowest BCUT2D eigenvalue weighted by atomic mass is 10.1. The molecule has 0 spiro atoms. The molecule has 0 radical (unpaired) electrons. The molecule has 6 nitrogen and oxygen atoms in total. The summed E-state index contributed by atoms with van der Waals surface area (Å²) < 4.78 is 27.7. The quantitative estimate of drug-likeness (QED) is 0.421. The average Bonchev–Trinajstić information content (AvgIpc) is 2.79. The number of hydrogen-bond donors (Lipinski definition) is 0. The maximum atomic E-state index is 6.00. The topological polar surface area (TPSA) is 49.4 Å². The second kappa shape index (κ2) is 13.7. The molecule has 7 heteroatoms. The fraction of sp³-hybridized carbons (Fsp3) is 0.417. The lowest BCUT2D eigenvalue weighted by Crippen LogP contribution is -2.27. The number of hydrogen-bond acceptors (Lipinski definition) is 6. The number of rotatable bonds is 12. The van der Waals surface area contributed by atoms with Crippen molar-refractivity contribution in [3.8, 4) is 28.7 Å². The summed E-state index contributed by atoms with van der Waals surface area (Å²) in [6, 6.07) is 9.70. The van der Waals surface area contributed by atoms with Crippen LogP contribution >= 0.6 is 12.4 Å². The van der Waals surface area contributed by atoms with Gasteiger partial charge in [0.15, 0.2) is 23.0 Å². The minimum Gasteiger partial charge on any atom is -0.493 e. The smallest absolute Gasteiger partial charge is 0.203 e. The van der Waals surface area contributed by atoms with Crippen LogP contribution in [0.2, 0.25) is 0 Å². The Morgan fingerprint density at radius 2 is 1.26 bits per heavy atom. The van der Waals surface area contributed by atoms with Crippen molar-refractivity contribution in [2.75, 3.05) is 54.7 Å². The molecule has 2 aromatic rings. The molecular weight excluding hydrogens is 418 g/mol. The van der Waals surface area contributed by atoms with Crippen LogP contribution < -0.4 is 23.7 Å². The van der Waals surface area contributed by atoms with Gasteiger partial charge in [0.2, 0.25) is 5.75 Å². The summed E-state index contributed by atoms with van der Waals surface area (Å²) in [7, 11) is 6.46. The van der Waals surface area contributed by atoms with E-state index in [4.69, 9.17) is 23.7 Å². The zero-order valence-corrected chi connectivity index (χ0v) is 20.1. The lowest BCUT2D eigenvalue weighted by Gasteiger charge is -2.18. The lowest BCUT2D eigenvalue weighted by molar-refractivity contribution is 0.217. The number of ether oxygens (including phenoxy) is 5.